The lowest BCUT2D eigenvalue weighted by atomic mass is 10.0. The van der Waals surface area contributed by atoms with Crippen LogP contribution in [0.1, 0.15) is 28.8 Å². The number of aromatic nitrogens is 2. The lowest BCUT2D eigenvalue weighted by Gasteiger charge is -2.36. The second-order valence-corrected chi connectivity index (χ2v) is 5.87. The Bertz CT molecular complexity index is 689. The molecule has 0 unspecified atom stereocenters. The predicted octanol–water partition coefficient (Wildman–Crippen LogP) is 2.03. The van der Waals surface area contributed by atoms with Crippen LogP contribution in [0.2, 0.25) is 0 Å². The van der Waals surface area contributed by atoms with Crippen molar-refractivity contribution in [1.82, 2.24) is 15.0 Å². The van der Waals surface area contributed by atoms with Crippen LogP contribution in [0.15, 0.2) is 22.7 Å². The van der Waals surface area contributed by atoms with E-state index in [1.54, 1.807) is 6.92 Å². The number of hydrogen-bond acceptors (Lipinski definition) is 5. The second-order valence-electron chi connectivity index (χ2n) is 5.87. The van der Waals surface area contributed by atoms with E-state index in [0.29, 0.717) is 18.3 Å². The van der Waals surface area contributed by atoms with Crippen molar-refractivity contribution in [3.63, 3.8) is 0 Å². The van der Waals surface area contributed by atoms with Crippen LogP contribution in [0.3, 0.4) is 0 Å². The number of amides is 1. The Morgan fingerprint density at radius 3 is 2.82 bits per heavy atom. The van der Waals surface area contributed by atoms with Crippen LogP contribution in [0, 0.1) is 20.8 Å². The Balaban J connectivity index is 1.50. The van der Waals surface area contributed by atoms with Gasteiger partial charge in [-0.3, -0.25) is 9.69 Å². The summed E-state index contributed by atoms with van der Waals surface area (Å²) in [6.45, 7) is 7.81. The van der Waals surface area contributed by atoms with Gasteiger partial charge in [0.1, 0.15) is 0 Å². The highest BCUT2D eigenvalue weighted by Gasteiger charge is 2.33. The highest BCUT2D eigenvalue weighted by Crippen LogP contribution is 2.25. The van der Waals surface area contributed by atoms with E-state index in [4.69, 9.17) is 4.52 Å². The number of rotatable bonds is 4. The number of aryl methyl sites for hydroxylation is 2. The van der Waals surface area contributed by atoms with Crippen molar-refractivity contribution >= 4 is 11.6 Å². The van der Waals surface area contributed by atoms with E-state index in [0.717, 1.165) is 24.3 Å². The predicted molar refractivity (Wildman–Crippen MR) is 82.8 cm³/mol. The summed E-state index contributed by atoms with van der Waals surface area (Å²) in [6, 6.07) is 5.92. The normalized spacial score (nSPS) is 15.6. The first kappa shape index (κ1) is 14.7. The number of benzene rings is 1. The molecule has 116 valence electrons. The van der Waals surface area contributed by atoms with Crippen molar-refractivity contribution in [1.29, 1.82) is 0 Å². The number of nitrogens with zero attached hydrogens (tertiary/aromatic N) is 3. The molecule has 1 saturated heterocycles. The standard InChI is InChI=1S/C16H20N4O2/c1-10-5-4-6-14(11(10)2)18-15(21)9-20-7-13(8-20)16-17-12(3)19-22-16/h4-6,13H,7-9H2,1-3H3,(H,18,21). The van der Waals surface area contributed by atoms with E-state index in [1.807, 2.05) is 32.0 Å². The van der Waals surface area contributed by atoms with Crippen molar-refractivity contribution in [2.45, 2.75) is 26.7 Å². The molecular formula is C16H20N4O2. The van der Waals surface area contributed by atoms with Crippen molar-refractivity contribution < 1.29 is 9.32 Å². The summed E-state index contributed by atoms with van der Waals surface area (Å²) in [5.74, 6) is 1.58. The molecule has 3 rings (SSSR count). The average molecular weight is 300 g/mol. The summed E-state index contributed by atoms with van der Waals surface area (Å²) in [5.41, 5.74) is 3.17. The number of carbonyl (C=O) groups excluding carboxylic acids is 1. The monoisotopic (exact) mass is 300 g/mol. The summed E-state index contributed by atoms with van der Waals surface area (Å²) in [4.78, 5) is 18.4. The summed E-state index contributed by atoms with van der Waals surface area (Å²) in [7, 11) is 0. The molecule has 1 fully saturated rings. The Morgan fingerprint density at radius 2 is 2.14 bits per heavy atom. The Kier molecular flexibility index (Phi) is 3.94. The minimum Gasteiger partial charge on any atom is -0.339 e. The van der Waals surface area contributed by atoms with E-state index in [1.165, 1.54) is 5.56 Å². The van der Waals surface area contributed by atoms with E-state index >= 15 is 0 Å². The van der Waals surface area contributed by atoms with Crippen LogP contribution in [-0.4, -0.2) is 40.6 Å². The molecule has 2 aromatic rings. The molecule has 1 aromatic carbocycles. The van der Waals surface area contributed by atoms with Gasteiger partial charge in [-0.1, -0.05) is 17.3 Å². The molecule has 0 spiro atoms. The van der Waals surface area contributed by atoms with Gasteiger partial charge >= 0.3 is 0 Å². The second kappa shape index (κ2) is 5.88. The molecule has 1 aliphatic heterocycles. The smallest absolute Gasteiger partial charge is 0.238 e. The molecule has 1 N–H and O–H groups in total. The van der Waals surface area contributed by atoms with Crippen LogP contribution in [0.4, 0.5) is 5.69 Å². The number of anilines is 1. The minimum absolute atomic E-state index is 0.00820. The van der Waals surface area contributed by atoms with Gasteiger partial charge in [0.2, 0.25) is 11.8 Å². The summed E-state index contributed by atoms with van der Waals surface area (Å²) in [5, 5.41) is 6.77. The highest BCUT2D eigenvalue weighted by molar-refractivity contribution is 5.93. The van der Waals surface area contributed by atoms with E-state index in [9.17, 15) is 4.79 Å². The SMILES string of the molecule is Cc1noc(C2CN(CC(=O)Nc3cccc(C)c3C)C2)n1. The molecule has 2 heterocycles. The summed E-state index contributed by atoms with van der Waals surface area (Å²) >= 11 is 0. The maximum atomic E-state index is 12.1. The van der Waals surface area contributed by atoms with Gasteiger partial charge in [0, 0.05) is 18.8 Å². The van der Waals surface area contributed by atoms with Crippen molar-refractivity contribution in [2.24, 2.45) is 0 Å². The molecule has 1 aliphatic rings. The maximum Gasteiger partial charge on any atom is 0.238 e. The van der Waals surface area contributed by atoms with E-state index in [-0.39, 0.29) is 11.8 Å². The topological polar surface area (TPSA) is 71.3 Å². The zero-order chi connectivity index (χ0) is 15.7. The third kappa shape index (κ3) is 3.01. The number of likely N-dealkylation sites (tertiary alicyclic amines) is 1. The fraction of sp³-hybridized carbons (Fsp3) is 0.438. The van der Waals surface area contributed by atoms with E-state index in [2.05, 4.69) is 20.4 Å². The molecular weight excluding hydrogens is 280 g/mol. The van der Waals surface area contributed by atoms with Crippen LogP contribution >= 0.6 is 0 Å². The van der Waals surface area contributed by atoms with Gasteiger partial charge < -0.3 is 9.84 Å². The zero-order valence-electron chi connectivity index (χ0n) is 13.1. The molecule has 22 heavy (non-hydrogen) atoms. The third-order valence-electron chi connectivity index (χ3n) is 4.10. The number of nitrogens with one attached hydrogen (secondary N) is 1. The van der Waals surface area contributed by atoms with Crippen molar-refractivity contribution in [2.75, 3.05) is 25.0 Å². The van der Waals surface area contributed by atoms with Crippen LogP contribution in [0.5, 0.6) is 0 Å². The number of hydrogen-bond donors (Lipinski definition) is 1. The van der Waals surface area contributed by atoms with Crippen molar-refractivity contribution in [3.05, 3.63) is 41.0 Å². The van der Waals surface area contributed by atoms with Gasteiger partial charge in [-0.15, -0.1) is 0 Å². The maximum absolute atomic E-state index is 12.1. The molecule has 6 heteroatoms. The van der Waals surface area contributed by atoms with Gasteiger partial charge in [0.25, 0.3) is 0 Å². The molecule has 1 amide bonds. The first-order chi connectivity index (χ1) is 10.5. The quantitative estimate of drug-likeness (QED) is 0.935. The lowest BCUT2D eigenvalue weighted by Crippen LogP contribution is -2.48. The fourth-order valence-electron chi connectivity index (χ4n) is 2.61. The van der Waals surface area contributed by atoms with Crippen LogP contribution in [-0.2, 0) is 4.79 Å². The molecule has 0 saturated carbocycles. The van der Waals surface area contributed by atoms with Gasteiger partial charge in [0.05, 0.1) is 12.5 Å². The fourth-order valence-corrected chi connectivity index (χ4v) is 2.61. The highest BCUT2D eigenvalue weighted by atomic mass is 16.5. The van der Waals surface area contributed by atoms with Gasteiger partial charge in [0.15, 0.2) is 5.82 Å². The molecule has 6 nitrogen and oxygen atoms in total. The van der Waals surface area contributed by atoms with Gasteiger partial charge in [-0.2, -0.15) is 4.98 Å². The molecule has 0 atom stereocenters. The average Bonchev–Trinajstić information content (AvgIpc) is 2.85. The minimum atomic E-state index is 0.00820. The first-order valence-electron chi connectivity index (χ1n) is 7.41. The van der Waals surface area contributed by atoms with Gasteiger partial charge in [-0.05, 0) is 38.0 Å². The van der Waals surface area contributed by atoms with Crippen LogP contribution < -0.4 is 5.32 Å². The molecule has 0 aliphatic carbocycles. The van der Waals surface area contributed by atoms with Crippen molar-refractivity contribution in [3.8, 4) is 0 Å². The van der Waals surface area contributed by atoms with E-state index < -0.39 is 0 Å². The summed E-state index contributed by atoms with van der Waals surface area (Å²) in [6.07, 6.45) is 0. The Morgan fingerprint density at radius 1 is 1.36 bits per heavy atom. The molecule has 0 radical (unpaired) electrons. The third-order valence-corrected chi connectivity index (χ3v) is 4.10. The first-order valence-corrected chi connectivity index (χ1v) is 7.41. The molecule has 0 bridgehead atoms. The lowest BCUT2D eigenvalue weighted by molar-refractivity contribution is -0.118. The number of carbonyl (C=O) groups is 1. The van der Waals surface area contributed by atoms with Gasteiger partial charge in [-0.25, -0.2) is 0 Å². The molecule has 1 aromatic heterocycles. The Hall–Kier alpha value is -2.21. The van der Waals surface area contributed by atoms with Crippen LogP contribution in [0.25, 0.3) is 0 Å². The zero-order valence-corrected chi connectivity index (χ0v) is 13.1. The largest absolute Gasteiger partial charge is 0.339 e. The summed E-state index contributed by atoms with van der Waals surface area (Å²) < 4.78 is 5.16. The Labute approximate surface area is 129 Å².